The first-order valence-electron chi connectivity index (χ1n) is 6.98. The molecule has 6 heteroatoms. The standard InChI is InChI=1S/C15H18Br2ClN3/c1-3-7-19-14(11-6-5-10(18)8-12(11)16)15-13(17)9-20-21(15)4-2/h5-6,8-9,14,19H,3-4,7H2,1-2H3. The van der Waals surface area contributed by atoms with Gasteiger partial charge in [0.25, 0.3) is 0 Å². The van der Waals surface area contributed by atoms with Crippen LogP contribution in [0, 0.1) is 0 Å². The number of rotatable bonds is 6. The molecule has 1 aromatic heterocycles. The lowest BCUT2D eigenvalue weighted by Crippen LogP contribution is -2.26. The van der Waals surface area contributed by atoms with Gasteiger partial charge in [-0.25, -0.2) is 0 Å². The Labute approximate surface area is 147 Å². The average Bonchev–Trinajstić information content (AvgIpc) is 2.82. The van der Waals surface area contributed by atoms with E-state index in [0.717, 1.165) is 44.7 Å². The van der Waals surface area contributed by atoms with Gasteiger partial charge in [-0.05, 0) is 53.5 Å². The topological polar surface area (TPSA) is 29.9 Å². The van der Waals surface area contributed by atoms with Crippen molar-refractivity contribution in [2.75, 3.05) is 6.54 Å². The first kappa shape index (κ1) is 17.0. The van der Waals surface area contributed by atoms with Gasteiger partial charge in [-0.15, -0.1) is 0 Å². The van der Waals surface area contributed by atoms with Crippen molar-refractivity contribution in [1.82, 2.24) is 15.1 Å². The van der Waals surface area contributed by atoms with Crippen molar-refractivity contribution < 1.29 is 0 Å². The van der Waals surface area contributed by atoms with E-state index < -0.39 is 0 Å². The predicted octanol–water partition coefficient (Wildman–Crippen LogP) is 5.17. The fourth-order valence-corrected chi connectivity index (χ4v) is 3.73. The SMILES string of the molecule is CCCNC(c1ccc(Cl)cc1Br)c1c(Br)cnn1CC. The first-order valence-corrected chi connectivity index (χ1v) is 8.94. The number of hydrogen-bond acceptors (Lipinski definition) is 2. The van der Waals surface area contributed by atoms with Gasteiger partial charge in [0, 0.05) is 16.0 Å². The van der Waals surface area contributed by atoms with Crippen LogP contribution in [0.25, 0.3) is 0 Å². The van der Waals surface area contributed by atoms with Crippen LogP contribution in [0.2, 0.25) is 5.02 Å². The molecule has 0 aliphatic heterocycles. The van der Waals surface area contributed by atoms with Crippen LogP contribution in [0.1, 0.15) is 37.6 Å². The van der Waals surface area contributed by atoms with Gasteiger partial charge in [-0.3, -0.25) is 4.68 Å². The van der Waals surface area contributed by atoms with Crippen LogP contribution in [0.3, 0.4) is 0 Å². The van der Waals surface area contributed by atoms with Crippen LogP contribution >= 0.6 is 43.5 Å². The zero-order valence-electron chi connectivity index (χ0n) is 12.0. The van der Waals surface area contributed by atoms with Crippen molar-refractivity contribution >= 4 is 43.5 Å². The zero-order chi connectivity index (χ0) is 15.4. The van der Waals surface area contributed by atoms with E-state index in [2.05, 4.69) is 62.2 Å². The van der Waals surface area contributed by atoms with E-state index in [9.17, 15) is 0 Å². The minimum absolute atomic E-state index is 0.0633. The Hall–Kier alpha value is -0.360. The van der Waals surface area contributed by atoms with E-state index in [-0.39, 0.29) is 6.04 Å². The summed E-state index contributed by atoms with van der Waals surface area (Å²) >= 11 is 13.3. The number of aromatic nitrogens is 2. The Morgan fingerprint density at radius 1 is 1.29 bits per heavy atom. The highest BCUT2D eigenvalue weighted by atomic mass is 79.9. The first-order chi connectivity index (χ1) is 10.1. The second-order valence-electron chi connectivity index (χ2n) is 4.75. The van der Waals surface area contributed by atoms with Crippen molar-refractivity contribution in [3.8, 4) is 0 Å². The number of nitrogens with zero attached hydrogens (tertiary/aromatic N) is 2. The second-order valence-corrected chi connectivity index (χ2v) is 6.89. The summed E-state index contributed by atoms with van der Waals surface area (Å²) in [6.07, 6.45) is 2.92. The van der Waals surface area contributed by atoms with Gasteiger partial charge in [0.15, 0.2) is 0 Å². The van der Waals surface area contributed by atoms with E-state index in [1.54, 1.807) is 0 Å². The molecule has 1 N–H and O–H groups in total. The summed E-state index contributed by atoms with van der Waals surface area (Å²) in [5, 5.41) is 8.75. The number of hydrogen-bond donors (Lipinski definition) is 1. The van der Waals surface area contributed by atoms with Crippen molar-refractivity contribution in [1.29, 1.82) is 0 Å². The van der Waals surface area contributed by atoms with Gasteiger partial charge < -0.3 is 5.32 Å². The third-order valence-corrected chi connectivity index (χ3v) is 4.81. The van der Waals surface area contributed by atoms with Gasteiger partial charge in [-0.1, -0.05) is 40.5 Å². The van der Waals surface area contributed by atoms with Crippen LogP contribution < -0.4 is 5.32 Å². The predicted molar refractivity (Wildman–Crippen MR) is 94.9 cm³/mol. The Kier molecular flexibility index (Phi) is 6.29. The molecule has 1 atom stereocenters. The molecule has 21 heavy (non-hydrogen) atoms. The van der Waals surface area contributed by atoms with Crippen molar-refractivity contribution in [2.45, 2.75) is 32.9 Å². The third-order valence-electron chi connectivity index (χ3n) is 3.28. The normalized spacial score (nSPS) is 12.6. The fraction of sp³-hybridized carbons (Fsp3) is 0.400. The van der Waals surface area contributed by atoms with Crippen LogP contribution in [0.15, 0.2) is 33.3 Å². The molecular weight excluding hydrogens is 417 g/mol. The van der Waals surface area contributed by atoms with Crippen LogP contribution in [0.5, 0.6) is 0 Å². The summed E-state index contributed by atoms with van der Waals surface area (Å²) in [5.41, 5.74) is 2.29. The molecule has 1 heterocycles. The highest BCUT2D eigenvalue weighted by Crippen LogP contribution is 2.34. The van der Waals surface area contributed by atoms with Gasteiger partial charge in [0.1, 0.15) is 0 Å². The maximum atomic E-state index is 6.06. The highest BCUT2D eigenvalue weighted by molar-refractivity contribution is 9.10. The zero-order valence-corrected chi connectivity index (χ0v) is 16.0. The molecule has 0 saturated heterocycles. The number of benzene rings is 1. The minimum atomic E-state index is 0.0633. The number of aryl methyl sites for hydroxylation is 1. The van der Waals surface area contributed by atoms with Gasteiger partial charge >= 0.3 is 0 Å². The van der Waals surface area contributed by atoms with Gasteiger partial charge in [0.05, 0.1) is 22.4 Å². The summed E-state index contributed by atoms with van der Waals surface area (Å²) < 4.78 is 4.03. The van der Waals surface area contributed by atoms with E-state index in [0.29, 0.717) is 0 Å². The van der Waals surface area contributed by atoms with E-state index in [4.69, 9.17) is 11.6 Å². The Balaban J connectivity index is 2.49. The molecule has 0 fully saturated rings. The fourth-order valence-electron chi connectivity index (χ4n) is 2.29. The molecule has 0 radical (unpaired) electrons. The van der Waals surface area contributed by atoms with Crippen molar-refractivity contribution in [3.05, 3.63) is 49.6 Å². The molecule has 114 valence electrons. The smallest absolute Gasteiger partial charge is 0.0770 e. The van der Waals surface area contributed by atoms with Crippen LogP contribution in [-0.2, 0) is 6.54 Å². The molecule has 0 saturated carbocycles. The Morgan fingerprint density at radius 3 is 2.67 bits per heavy atom. The summed E-state index contributed by atoms with van der Waals surface area (Å²) in [7, 11) is 0. The van der Waals surface area contributed by atoms with Crippen LogP contribution in [0.4, 0.5) is 0 Å². The third kappa shape index (κ3) is 3.89. The van der Waals surface area contributed by atoms with Crippen molar-refractivity contribution in [3.63, 3.8) is 0 Å². The highest BCUT2D eigenvalue weighted by Gasteiger charge is 2.23. The average molecular weight is 436 g/mol. The number of halogens is 3. The maximum absolute atomic E-state index is 6.06. The Morgan fingerprint density at radius 2 is 2.05 bits per heavy atom. The minimum Gasteiger partial charge on any atom is -0.305 e. The Bertz CT molecular complexity index is 613. The molecule has 1 aromatic carbocycles. The number of nitrogens with one attached hydrogen (secondary N) is 1. The summed E-state index contributed by atoms with van der Waals surface area (Å²) in [5.74, 6) is 0. The molecule has 0 spiro atoms. The summed E-state index contributed by atoms with van der Waals surface area (Å²) in [6.45, 7) is 6.02. The van der Waals surface area contributed by atoms with Gasteiger partial charge in [-0.2, -0.15) is 5.10 Å². The second kappa shape index (κ2) is 7.77. The monoisotopic (exact) mass is 433 g/mol. The molecule has 0 amide bonds. The van der Waals surface area contributed by atoms with E-state index in [1.165, 1.54) is 0 Å². The lowest BCUT2D eigenvalue weighted by molar-refractivity contribution is 0.527. The molecular formula is C15H18Br2ClN3. The summed E-state index contributed by atoms with van der Waals surface area (Å²) in [6, 6.07) is 5.97. The summed E-state index contributed by atoms with van der Waals surface area (Å²) in [4.78, 5) is 0. The maximum Gasteiger partial charge on any atom is 0.0770 e. The molecule has 0 bridgehead atoms. The molecule has 0 aliphatic carbocycles. The largest absolute Gasteiger partial charge is 0.305 e. The van der Waals surface area contributed by atoms with E-state index >= 15 is 0 Å². The molecule has 2 aromatic rings. The molecule has 3 nitrogen and oxygen atoms in total. The van der Waals surface area contributed by atoms with Crippen molar-refractivity contribution in [2.24, 2.45) is 0 Å². The molecule has 2 rings (SSSR count). The van der Waals surface area contributed by atoms with Crippen LogP contribution in [-0.4, -0.2) is 16.3 Å². The van der Waals surface area contributed by atoms with E-state index in [1.807, 2.05) is 23.0 Å². The molecule has 0 aliphatic rings. The quantitative estimate of drug-likeness (QED) is 0.678. The lowest BCUT2D eigenvalue weighted by atomic mass is 10.0. The van der Waals surface area contributed by atoms with Gasteiger partial charge in [0.2, 0.25) is 0 Å². The lowest BCUT2D eigenvalue weighted by Gasteiger charge is -2.22. The molecule has 1 unspecified atom stereocenters.